The van der Waals surface area contributed by atoms with E-state index < -0.39 is 5.97 Å². The standard InChI is InChI=1S/C13H19N3O3S/c1-7-5-9(3-4-14-7)12(17)15-6-10-16-8(2)11(20-10)13(18)19/h7,9,14H,3-6H2,1-2H3,(H,15,17)(H,18,19). The topological polar surface area (TPSA) is 91.3 Å². The molecule has 110 valence electrons. The van der Waals surface area contributed by atoms with Crippen LogP contribution in [0.15, 0.2) is 0 Å². The molecule has 0 radical (unpaired) electrons. The fourth-order valence-corrected chi connectivity index (χ4v) is 3.25. The van der Waals surface area contributed by atoms with Crippen LogP contribution < -0.4 is 10.6 Å². The van der Waals surface area contributed by atoms with Gasteiger partial charge in [0.2, 0.25) is 5.91 Å². The van der Waals surface area contributed by atoms with Gasteiger partial charge in [0.05, 0.1) is 12.2 Å². The highest BCUT2D eigenvalue weighted by Crippen LogP contribution is 2.19. The summed E-state index contributed by atoms with van der Waals surface area (Å²) in [4.78, 5) is 27.4. The van der Waals surface area contributed by atoms with Crippen molar-refractivity contribution in [3.63, 3.8) is 0 Å². The van der Waals surface area contributed by atoms with Crippen LogP contribution in [0.1, 0.15) is 40.1 Å². The Morgan fingerprint density at radius 3 is 2.90 bits per heavy atom. The van der Waals surface area contributed by atoms with Crippen LogP contribution in [0.2, 0.25) is 0 Å². The van der Waals surface area contributed by atoms with Gasteiger partial charge in [0.15, 0.2) is 0 Å². The van der Waals surface area contributed by atoms with Gasteiger partial charge in [0, 0.05) is 12.0 Å². The second-order valence-corrected chi connectivity index (χ2v) is 6.21. The van der Waals surface area contributed by atoms with E-state index in [1.807, 2.05) is 0 Å². The third-order valence-electron chi connectivity index (χ3n) is 3.44. The molecule has 1 aliphatic rings. The van der Waals surface area contributed by atoms with Crippen LogP contribution in [0.25, 0.3) is 0 Å². The Labute approximate surface area is 121 Å². The van der Waals surface area contributed by atoms with E-state index in [-0.39, 0.29) is 16.7 Å². The number of carbonyl (C=O) groups is 2. The minimum Gasteiger partial charge on any atom is -0.477 e. The number of carboxylic acid groups (broad SMARTS) is 1. The van der Waals surface area contributed by atoms with E-state index >= 15 is 0 Å². The monoisotopic (exact) mass is 297 g/mol. The summed E-state index contributed by atoms with van der Waals surface area (Å²) in [6.07, 6.45) is 1.68. The summed E-state index contributed by atoms with van der Waals surface area (Å²) in [5.74, 6) is -0.904. The minimum atomic E-state index is -0.968. The molecule has 1 saturated heterocycles. The molecule has 1 aromatic rings. The van der Waals surface area contributed by atoms with Gasteiger partial charge >= 0.3 is 5.97 Å². The third kappa shape index (κ3) is 3.55. The Morgan fingerprint density at radius 1 is 1.55 bits per heavy atom. The molecule has 2 unspecified atom stereocenters. The SMILES string of the molecule is Cc1nc(CNC(=O)C2CCNC(C)C2)sc1C(=O)O. The molecule has 0 aromatic carbocycles. The molecule has 1 fully saturated rings. The summed E-state index contributed by atoms with van der Waals surface area (Å²) < 4.78 is 0. The van der Waals surface area contributed by atoms with E-state index in [1.165, 1.54) is 0 Å². The summed E-state index contributed by atoms with van der Waals surface area (Å²) in [7, 11) is 0. The van der Waals surface area contributed by atoms with Crippen LogP contribution in [-0.2, 0) is 11.3 Å². The van der Waals surface area contributed by atoms with Crippen LogP contribution in [0.5, 0.6) is 0 Å². The van der Waals surface area contributed by atoms with Crippen molar-refractivity contribution in [3.05, 3.63) is 15.6 Å². The average Bonchev–Trinajstić information content (AvgIpc) is 2.77. The quantitative estimate of drug-likeness (QED) is 0.775. The van der Waals surface area contributed by atoms with Crippen molar-refractivity contribution in [3.8, 4) is 0 Å². The number of aryl methyl sites for hydroxylation is 1. The maximum absolute atomic E-state index is 12.1. The lowest BCUT2D eigenvalue weighted by atomic mass is 9.92. The van der Waals surface area contributed by atoms with Crippen LogP contribution in [0.3, 0.4) is 0 Å². The van der Waals surface area contributed by atoms with Gasteiger partial charge in [-0.15, -0.1) is 11.3 Å². The van der Waals surface area contributed by atoms with Crippen LogP contribution in [0.4, 0.5) is 0 Å². The fourth-order valence-electron chi connectivity index (χ4n) is 2.40. The molecular formula is C13H19N3O3S. The first-order chi connectivity index (χ1) is 9.47. The molecule has 2 rings (SSSR count). The summed E-state index contributed by atoms with van der Waals surface area (Å²) in [6.45, 7) is 4.90. The molecule has 0 spiro atoms. The number of piperidine rings is 1. The van der Waals surface area contributed by atoms with Crippen molar-refractivity contribution in [2.24, 2.45) is 5.92 Å². The number of nitrogens with zero attached hydrogens (tertiary/aromatic N) is 1. The maximum Gasteiger partial charge on any atom is 0.347 e. The Morgan fingerprint density at radius 2 is 2.30 bits per heavy atom. The molecule has 0 aliphatic carbocycles. The lowest BCUT2D eigenvalue weighted by molar-refractivity contribution is -0.126. The summed E-state index contributed by atoms with van der Waals surface area (Å²) in [6, 6.07) is 0.361. The predicted octanol–water partition coefficient (Wildman–Crippen LogP) is 1.15. The average molecular weight is 297 g/mol. The van der Waals surface area contributed by atoms with E-state index in [4.69, 9.17) is 5.11 Å². The molecule has 6 nitrogen and oxygen atoms in total. The molecule has 3 N–H and O–H groups in total. The maximum atomic E-state index is 12.1. The number of rotatable bonds is 4. The number of carboxylic acids is 1. The number of hydrogen-bond acceptors (Lipinski definition) is 5. The van der Waals surface area contributed by atoms with Crippen molar-refractivity contribution in [2.45, 2.75) is 39.3 Å². The Hall–Kier alpha value is -1.47. The summed E-state index contributed by atoms with van der Waals surface area (Å²) in [5.41, 5.74) is 0.502. The lowest BCUT2D eigenvalue weighted by Gasteiger charge is -2.26. The molecule has 1 amide bonds. The van der Waals surface area contributed by atoms with Gasteiger partial charge in [0.1, 0.15) is 9.88 Å². The smallest absolute Gasteiger partial charge is 0.347 e. The number of hydrogen-bond donors (Lipinski definition) is 3. The summed E-state index contributed by atoms with van der Waals surface area (Å²) >= 11 is 1.12. The third-order valence-corrected chi connectivity index (χ3v) is 4.59. The van der Waals surface area contributed by atoms with Gasteiger partial charge in [-0.25, -0.2) is 9.78 Å². The van der Waals surface area contributed by atoms with Crippen LogP contribution >= 0.6 is 11.3 Å². The minimum absolute atomic E-state index is 0.0306. The zero-order valence-electron chi connectivity index (χ0n) is 11.6. The largest absolute Gasteiger partial charge is 0.477 e. The van der Waals surface area contributed by atoms with Gasteiger partial charge in [-0.3, -0.25) is 4.79 Å². The number of aromatic carboxylic acids is 1. The number of carbonyl (C=O) groups excluding carboxylic acids is 1. The van der Waals surface area contributed by atoms with E-state index in [0.29, 0.717) is 23.3 Å². The second kappa shape index (κ2) is 6.32. The normalized spacial score (nSPS) is 22.5. The van der Waals surface area contributed by atoms with Gasteiger partial charge < -0.3 is 15.7 Å². The predicted molar refractivity (Wildman–Crippen MR) is 75.8 cm³/mol. The van der Waals surface area contributed by atoms with Crippen LogP contribution in [-0.4, -0.2) is 34.6 Å². The first kappa shape index (κ1) is 14.9. The van der Waals surface area contributed by atoms with Gasteiger partial charge in [-0.05, 0) is 33.2 Å². The molecule has 2 atom stereocenters. The highest BCUT2D eigenvalue weighted by Gasteiger charge is 2.24. The van der Waals surface area contributed by atoms with E-state index in [2.05, 4.69) is 22.5 Å². The highest BCUT2D eigenvalue weighted by atomic mass is 32.1. The molecule has 1 aromatic heterocycles. The number of aromatic nitrogens is 1. The number of amides is 1. The molecule has 20 heavy (non-hydrogen) atoms. The van der Waals surface area contributed by atoms with Gasteiger partial charge in [0.25, 0.3) is 0 Å². The van der Waals surface area contributed by atoms with Gasteiger partial charge in [-0.1, -0.05) is 0 Å². The zero-order valence-corrected chi connectivity index (χ0v) is 12.4. The number of thiazole rings is 1. The van der Waals surface area contributed by atoms with Crippen molar-refractivity contribution in [2.75, 3.05) is 6.54 Å². The van der Waals surface area contributed by atoms with E-state index in [1.54, 1.807) is 6.92 Å². The first-order valence-corrected chi connectivity index (χ1v) is 7.49. The molecular weight excluding hydrogens is 278 g/mol. The second-order valence-electron chi connectivity index (χ2n) is 5.12. The Balaban J connectivity index is 1.90. The molecule has 1 aliphatic heterocycles. The summed E-state index contributed by atoms with van der Waals surface area (Å²) in [5, 5.41) is 15.8. The Kier molecular flexibility index (Phi) is 4.72. The fraction of sp³-hybridized carbons (Fsp3) is 0.615. The van der Waals surface area contributed by atoms with E-state index in [0.717, 1.165) is 30.7 Å². The van der Waals surface area contributed by atoms with Crippen molar-refractivity contribution in [1.82, 2.24) is 15.6 Å². The number of nitrogens with one attached hydrogen (secondary N) is 2. The van der Waals surface area contributed by atoms with Crippen molar-refractivity contribution in [1.29, 1.82) is 0 Å². The molecule has 7 heteroatoms. The van der Waals surface area contributed by atoms with Crippen LogP contribution in [0, 0.1) is 12.8 Å². The molecule has 2 heterocycles. The zero-order chi connectivity index (χ0) is 14.7. The van der Waals surface area contributed by atoms with Crippen molar-refractivity contribution < 1.29 is 14.7 Å². The highest BCUT2D eigenvalue weighted by molar-refractivity contribution is 7.13. The van der Waals surface area contributed by atoms with E-state index in [9.17, 15) is 9.59 Å². The molecule has 0 saturated carbocycles. The first-order valence-electron chi connectivity index (χ1n) is 6.68. The Bertz CT molecular complexity index is 515. The van der Waals surface area contributed by atoms with Crippen molar-refractivity contribution >= 4 is 23.2 Å². The molecule has 0 bridgehead atoms. The van der Waals surface area contributed by atoms with Gasteiger partial charge in [-0.2, -0.15) is 0 Å². The lowest BCUT2D eigenvalue weighted by Crippen LogP contribution is -2.42.